The Morgan fingerprint density at radius 1 is 1.54 bits per heavy atom. The molecule has 1 rings (SSSR count). The molecule has 0 radical (unpaired) electrons. The van der Waals surface area contributed by atoms with E-state index < -0.39 is 0 Å². The van der Waals surface area contributed by atoms with E-state index in [9.17, 15) is 4.79 Å². The molecule has 0 amide bonds. The highest BCUT2D eigenvalue weighted by Gasteiger charge is 2.11. The van der Waals surface area contributed by atoms with Crippen molar-refractivity contribution in [2.45, 2.75) is 20.0 Å². The zero-order chi connectivity index (χ0) is 9.84. The highest BCUT2D eigenvalue weighted by molar-refractivity contribution is 5.88. The molecular weight excluding hydrogens is 166 g/mol. The zero-order valence-corrected chi connectivity index (χ0v) is 8.15. The predicted octanol–water partition coefficient (Wildman–Crippen LogP) is 1.08. The van der Waals surface area contributed by atoms with Crippen LogP contribution in [-0.2, 0) is 11.8 Å². The minimum Gasteiger partial charge on any atom is -0.459 e. The van der Waals surface area contributed by atoms with Gasteiger partial charge in [0, 0.05) is 6.07 Å². The molecule has 3 nitrogen and oxygen atoms in total. The maximum absolute atomic E-state index is 11.4. The zero-order valence-electron chi connectivity index (χ0n) is 8.15. The Morgan fingerprint density at radius 3 is 2.77 bits per heavy atom. The van der Waals surface area contributed by atoms with Crippen LogP contribution in [0.4, 0.5) is 0 Å². The van der Waals surface area contributed by atoms with E-state index >= 15 is 0 Å². The molecular formula is C10H14NO2+. The summed E-state index contributed by atoms with van der Waals surface area (Å²) in [6.45, 7) is 3.67. The molecule has 0 aliphatic rings. The third-order valence-corrected chi connectivity index (χ3v) is 1.52. The summed E-state index contributed by atoms with van der Waals surface area (Å²) in [7, 11) is 1.87. The molecule has 0 aromatic carbocycles. The summed E-state index contributed by atoms with van der Waals surface area (Å²) in [6, 6.07) is 3.56. The summed E-state index contributed by atoms with van der Waals surface area (Å²) < 4.78 is 6.86. The first kappa shape index (κ1) is 9.71. The molecule has 13 heavy (non-hydrogen) atoms. The number of aromatic nitrogens is 1. The normalized spacial score (nSPS) is 10.2. The SMILES string of the molecule is CC(C)OC(=O)c1ccc[n+](C)c1. The number of rotatable bonds is 2. The fourth-order valence-electron chi connectivity index (χ4n) is 0.991. The molecule has 1 aromatic heterocycles. The van der Waals surface area contributed by atoms with Crippen LogP contribution in [0, 0.1) is 0 Å². The highest BCUT2D eigenvalue weighted by Crippen LogP contribution is 2.00. The van der Waals surface area contributed by atoms with Crippen LogP contribution in [0.5, 0.6) is 0 Å². The fraction of sp³-hybridized carbons (Fsp3) is 0.400. The summed E-state index contributed by atoms with van der Waals surface area (Å²) in [5.41, 5.74) is 0.582. The van der Waals surface area contributed by atoms with E-state index in [0.717, 1.165) is 0 Å². The number of ether oxygens (including phenoxy) is 1. The lowest BCUT2D eigenvalue weighted by atomic mass is 10.3. The summed E-state index contributed by atoms with van der Waals surface area (Å²) in [5, 5.41) is 0. The number of hydrogen-bond acceptors (Lipinski definition) is 2. The summed E-state index contributed by atoms with van der Waals surface area (Å²) in [5.74, 6) is -0.272. The maximum atomic E-state index is 11.4. The van der Waals surface area contributed by atoms with Gasteiger partial charge < -0.3 is 4.74 Å². The third kappa shape index (κ3) is 2.86. The van der Waals surface area contributed by atoms with Crippen molar-refractivity contribution in [3.8, 4) is 0 Å². The van der Waals surface area contributed by atoms with Gasteiger partial charge in [-0.05, 0) is 19.9 Å². The summed E-state index contributed by atoms with van der Waals surface area (Å²) in [4.78, 5) is 11.4. The Bertz CT molecular complexity index is 308. The number of nitrogens with zero attached hydrogens (tertiary/aromatic N) is 1. The van der Waals surface area contributed by atoms with Gasteiger partial charge in [-0.1, -0.05) is 0 Å². The molecule has 0 bridgehead atoms. The van der Waals surface area contributed by atoms with E-state index in [0.29, 0.717) is 5.56 Å². The van der Waals surface area contributed by atoms with Crippen LogP contribution in [-0.4, -0.2) is 12.1 Å². The lowest BCUT2D eigenvalue weighted by Crippen LogP contribution is -2.28. The molecule has 0 fully saturated rings. The van der Waals surface area contributed by atoms with Gasteiger partial charge in [-0.15, -0.1) is 0 Å². The molecule has 0 atom stereocenters. The van der Waals surface area contributed by atoms with Gasteiger partial charge in [-0.2, -0.15) is 0 Å². The van der Waals surface area contributed by atoms with Crippen molar-refractivity contribution in [1.29, 1.82) is 0 Å². The van der Waals surface area contributed by atoms with Crippen LogP contribution in [0.15, 0.2) is 24.5 Å². The van der Waals surface area contributed by atoms with Crippen LogP contribution >= 0.6 is 0 Å². The molecule has 0 aliphatic carbocycles. The maximum Gasteiger partial charge on any atom is 0.344 e. The Hall–Kier alpha value is -1.38. The van der Waals surface area contributed by atoms with E-state index in [1.165, 1.54) is 0 Å². The van der Waals surface area contributed by atoms with E-state index in [4.69, 9.17) is 4.74 Å². The van der Waals surface area contributed by atoms with Crippen LogP contribution in [0.25, 0.3) is 0 Å². The van der Waals surface area contributed by atoms with Gasteiger partial charge in [-0.25, -0.2) is 9.36 Å². The lowest BCUT2D eigenvalue weighted by Gasteiger charge is -2.06. The van der Waals surface area contributed by atoms with E-state index in [-0.39, 0.29) is 12.1 Å². The number of hydrogen-bond donors (Lipinski definition) is 0. The second-order valence-corrected chi connectivity index (χ2v) is 3.21. The minimum atomic E-state index is -0.272. The average molecular weight is 180 g/mol. The van der Waals surface area contributed by atoms with Crippen molar-refractivity contribution in [3.05, 3.63) is 30.1 Å². The highest BCUT2D eigenvalue weighted by atomic mass is 16.5. The first-order valence-corrected chi connectivity index (χ1v) is 4.26. The third-order valence-electron chi connectivity index (χ3n) is 1.52. The smallest absolute Gasteiger partial charge is 0.344 e. The van der Waals surface area contributed by atoms with Gasteiger partial charge in [0.05, 0.1) is 6.10 Å². The second kappa shape index (κ2) is 4.03. The first-order valence-electron chi connectivity index (χ1n) is 4.26. The first-order chi connectivity index (χ1) is 6.09. The van der Waals surface area contributed by atoms with Crippen LogP contribution in [0.1, 0.15) is 24.2 Å². The molecule has 0 unspecified atom stereocenters. The van der Waals surface area contributed by atoms with Crippen molar-refractivity contribution < 1.29 is 14.1 Å². The summed E-state index contributed by atoms with van der Waals surface area (Å²) in [6.07, 6.45) is 3.54. The Kier molecular flexibility index (Phi) is 3.01. The van der Waals surface area contributed by atoms with Gasteiger partial charge in [0.1, 0.15) is 12.6 Å². The van der Waals surface area contributed by atoms with Gasteiger partial charge in [-0.3, -0.25) is 0 Å². The van der Waals surface area contributed by atoms with Crippen molar-refractivity contribution in [1.82, 2.24) is 0 Å². The number of pyridine rings is 1. The van der Waals surface area contributed by atoms with E-state index in [1.807, 2.05) is 37.7 Å². The largest absolute Gasteiger partial charge is 0.459 e. The molecule has 1 aromatic rings. The fourth-order valence-corrected chi connectivity index (χ4v) is 0.991. The van der Waals surface area contributed by atoms with Crippen molar-refractivity contribution >= 4 is 5.97 Å². The molecule has 3 heteroatoms. The topological polar surface area (TPSA) is 30.2 Å². The van der Waals surface area contributed by atoms with Gasteiger partial charge in [0.25, 0.3) is 0 Å². The summed E-state index contributed by atoms with van der Waals surface area (Å²) >= 11 is 0. The van der Waals surface area contributed by atoms with Gasteiger partial charge in [0.2, 0.25) is 0 Å². The Balaban J connectivity index is 2.77. The molecule has 0 N–H and O–H groups in total. The Labute approximate surface area is 78.0 Å². The van der Waals surface area contributed by atoms with Crippen molar-refractivity contribution in [3.63, 3.8) is 0 Å². The molecule has 0 saturated heterocycles. The van der Waals surface area contributed by atoms with E-state index in [1.54, 1.807) is 12.3 Å². The molecule has 0 spiro atoms. The predicted molar refractivity (Wildman–Crippen MR) is 48.2 cm³/mol. The molecule has 70 valence electrons. The number of esters is 1. The quantitative estimate of drug-likeness (QED) is 0.503. The van der Waals surface area contributed by atoms with Crippen LogP contribution < -0.4 is 4.57 Å². The second-order valence-electron chi connectivity index (χ2n) is 3.21. The van der Waals surface area contributed by atoms with Crippen LogP contribution in [0.3, 0.4) is 0 Å². The van der Waals surface area contributed by atoms with Crippen molar-refractivity contribution in [2.24, 2.45) is 7.05 Å². The molecule has 1 heterocycles. The van der Waals surface area contributed by atoms with Gasteiger partial charge in [0.15, 0.2) is 12.4 Å². The number of aryl methyl sites for hydroxylation is 1. The number of carbonyl (C=O) groups excluding carboxylic acids is 1. The average Bonchev–Trinajstić information content (AvgIpc) is 2.03. The van der Waals surface area contributed by atoms with Crippen molar-refractivity contribution in [2.75, 3.05) is 0 Å². The minimum absolute atomic E-state index is 0.0713. The Morgan fingerprint density at radius 2 is 2.23 bits per heavy atom. The van der Waals surface area contributed by atoms with Crippen LogP contribution in [0.2, 0.25) is 0 Å². The number of carbonyl (C=O) groups is 1. The lowest BCUT2D eigenvalue weighted by molar-refractivity contribution is -0.671. The monoisotopic (exact) mass is 180 g/mol. The standard InChI is InChI=1S/C10H14NO2/c1-8(2)13-10(12)9-5-4-6-11(3)7-9/h4-8H,1-3H3/q+1. The van der Waals surface area contributed by atoms with E-state index in [2.05, 4.69) is 0 Å². The molecule has 0 saturated carbocycles. The van der Waals surface area contributed by atoms with Gasteiger partial charge >= 0.3 is 5.97 Å². The molecule has 0 aliphatic heterocycles.